The maximum Gasteiger partial charge on any atom is 0.259 e. The standard InChI is InChI=1S/C27H24N4O2S/c1-17-12-13-20(14-18(17)2)28-24(32)16-34-27-30-22-11-7-6-10-21(22)25-29-23(26(33)31(25)27)15-19-8-4-3-5-9-19/h3-14,23H,15-16H2,1-2H3,(H,28,32)/t23-/m0/s1. The summed E-state index contributed by atoms with van der Waals surface area (Å²) in [5.74, 6) is 0.470. The number of aliphatic imine (C=N–C) groups is 2. The number of nitrogens with one attached hydrogen (secondary N) is 1. The van der Waals surface area contributed by atoms with Crippen molar-refractivity contribution < 1.29 is 9.59 Å². The maximum absolute atomic E-state index is 13.4. The molecule has 0 saturated heterocycles. The summed E-state index contributed by atoms with van der Waals surface area (Å²) in [6, 6.07) is 22.8. The van der Waals surface area contributed by atoms with Crippen molar-refractivity contribution in [1.29, 1.82) is 0 Å². The fourth-order valence-electron chi connectivity index (χ4n) is 4.02. The van der Waals surface area contributed by atoms with E-state index in [0.29, 0.717) is 17.4 Å². The van der Waals surface area contributed by atoms with Crippen molar-refractivity contribution in [1.82, 2.24) is 4.90 Å². The van der Waals surface area contributed by atoms with Crippen molar-refractivity contribution in [3.05, 3.63) is 95.1 Å². The second-order valence-corrected chi connectivity index (χ2v) is 9.32. The zero-order valence-electron chi connectivity index (χ0n) is 19.0. The molecule has 1 N–H and O–H groups in total. The summed E-state index contributed by atoms with van der Waals surface area (Å²) in [5.41, 5.74) is 5.68. The van der Waals surface area contributed by atoms with Crippen LogP contribution in [-0.4, -0.2) is 39.5 Å². The highest BCUT2D eigenvalue weighted by atomic mass is 32.2. The Balaban J connectivity index is 1.36. The molecular weight excluding hydrogens is 444 g/mol. The highest BCUT2D eigenvalue weighted by Crippen LogP contribution is 2.34. The van der Waals surface area contributed by atoms with Gasteiger partial charge in [-0.1, -0.05) is 60.3 Å². The van der Waals surface area contributed by atoms with E-state index in [1.807, 2.05) is 86.6 Å². The number of hydrogen-bond acceptors (Lipinski definition) is 5. The van der Waals surface area contributed by atoms with Gasteiger partial charge in [0.05, 0.1) is 11.4 Å². The highest BCUT2D eigenvalue weighted by Gasteiger charge is 2.41. The van der Waals surface area contributed by atoms with Crippen LogP contribution in [0.25, 0.3) is 0 Å². The summed E-state index contributed by atoms with van der Waals surface area (Å²) in [6.45, 7) is 4.05. The van der Waals surface area contributed by atoms with E-state index in [0.717, 1.165) is 28.1 Å². The van der Waals surface area contributed by atoms with Gasteiger partial charge in [-0.3, -0.25) is 14.6 Å². The molecular formula is C27H24N4O2S. The fraction of sp³-hybridized carbons (Fsp3) is 0.185. The predicted octanol–water partition coefficient (Wildman–Crippen LogP) is 4.88. The quantitative estimate of drug-likeness (QED) is 0.580. The van der Waals surface area contributed by atoms with Gasteiger partial charge in [-0.15, -0.1) is 0 Å². The van der Waals surface area contributed by atoms with Gasteiger partial charge in [-0.25, -0.2) is 9.89 Å². The van der Waals surface area contributed by atoms with E-state index in [9.17, 15) is 9.59 Å². The number of para-hydroxylation sites is 1. The molecule has 0 aromatic heterocycles. The SMILES string of the molecule is Cc1ccc(NC(=O)CSC2=Nc3ccccc3C3=N[C@@H](Cc4ccccc4)C(=O)N23)cc1C. The molecule has 0 radical (unpaired) electrons. The molecule has 5 rings (SSSR count). The molecule has 0 spiro atoms. The predicted molar refractivity (Wildman–Crippen MR) is 138 cm³/mol. The summed E-state index contributed by atoms with van der Waals surface area (Å²) in [7, 11) is 0. The van der Waals surface area contributed by atoms with Crippen LogP contribution in [0.2, 0.25) is 0 Å². The number of hydrogen-bond donors (Lipinski definition) is 1. The maximum atomic E-state index is 13.4. The van der Waals surface area contributed by atoms with Crippen molar-refractivity contribution in [3.63, 3.8) is 0 Å². The Morgan fingerprint density at radius 3 is 2.56 bits per heavy atom. The van der Waals surface area contributed by atoms with Gasteiger partial charge in [0, 0.05) is 17.7 Å². The Kier molecular flexibility index (Phi) is 6.02. The van der Waals surface area contributed by atoms with Gasteiger partial charge in [-0.05, 0) is 54.8 Å². The molecule has 2 amide bonds. The Bertz CT molecular complexity index is 1330. The van der Waals surface area contributed by atoms with E-state index < -0.39 is 6.04 Å². The lowest BCUT2D eigenvalue weighted by Crippen LogP contribution is -2.41. The highest BCUT2D eigenvalue weighted by molar-refractivity contribution is 8.14. The first kappa shape index (κ1) is 22.1. The van der Waals surface area contributed by atoms with E-state index in [1.54, 1.807) is 4.90 Å². The summed E-state index contributed by atoms with van der Waals surface area (Å²) in [6.07, 6.45) is 0.521. The minimum absolute atomic E-state index is 0.117. The topological polar surface area (TPSA) is 74.1 Å². The van der Waals surface area contributed by atoms with Gasteiger partial charge in [0.15, 0.2) is 5.17 Å². The minimum Gasteiger partial charge on any atom is -0.325 e. The number of fused-ring (bicyclic) bond motifs is 3. The van der Waals surface area contributed by atoms with Gasteiger partial charge in [-0.2, -0.15) is 0 Å². The molecule has 3 aromatic rings. The zero-order valence-corrected chi connectivity index (χ0v) is 19.8. The lowest BCUT2D eigenvalue weighted by molar-refractivity contribution is -0.124. The Morgan fingerprint density at radius 2 is 1.76 bits per heavy atom. The number of carbonyl (C=O) groups excluding carboxylic acids is 2. The van der Waals surface area contributed by atoms with Crippen LogP contribution in [-0.2, 0) is 16.0 Å². The molecule has 3 aromatic carbocycles. The van der Waals surface area contributed by atoms with Crippen molar-refractivity contribution in [2.24, 2.45) is 9.98 Å². The second kappa shape index (κ2) is 9.27. The molecule has 0 aliphatic carbocycles. The van der Waals surface area contributed by atoms with Crippen molar-refractivity contribution in [2.75, 3.05) is 11.1 Å². The molecule has 2 aliphatic heterocycles. The van der Waals surface area contributed by atoms with E-state index >= 15 is 0 Å². The smallest absolute Gasteiger partial charge is 0.259 e. The van der Waals surface area contributed by atoms with Crippen LogP contribution < -0.4 is 5.32 Å². The first-order valence-electron chi connectivity index (χ1n) is 11.1. The fourth-order valence-corrected chi connectivity index (χ4v) is 4.82. The molecule has 2 heterocycles. The van der Waals surface area contributed by atoms with Crippen LogP contribution in [0, 0.1) is 13.8 Å². The van der Waals surface area contributed by atoms with Crippen molar-refractivity contribution in [3.8, 4) is 0 Å². The van der Waals surface area contributed by atoms with Crippen LogP contribution in [0.4, 0.5) is 11.4 Å². The molecule has 170 valence electrons. The van der Waals surface area contributed by atoms with E-state index in [1.165, 1.54) is 17.3 Å². The van der Waals surface area contributed by atoms with E-state index in [2.05, 4.69) is 5.32 Å². The molecule has 6 nitrogen and oxygen atoms in total. The summed E-state index contributed by atoms with van der Waals surface area (Å²) in [5, 5.41) is 3.41. The first-order chi connectivity index (χ1) is 16.5. The van der Waals surface area contributed by atoms with Gasteiger partial charge in [0.2, 0.25) is 5.91 Å². The number of aryl methyl sites for hydroxylation is 2. The monoisotopic (exact) mass is 468 g/mol. The van der Waals surface area contributed by atoms with Crippen LogP contribution in [0.3, 0.4) is 0 Å². The summed E-state index contributed by atoms with van der Waals surface area (Å²) < 4.78 is 0. The first-order valence-corrected chi connectivity index (χ1v) is 12.1. The number of amidine groups is 2. The normalized spacial score (nSPS) is 16.5. The summed E-state index contributed by atoms with van der Waals surface area (Å²) >= 11 is 1.25. The van der Waals surface area contributed by atoms with Crippen LogP contribution in [0.5, 0.6) is 0 Å². The molecule has 2 aliphatic rings. The van der Waals surface area contributed by atoms with Crippen LogP contribution in [0.15, 0.2) is 82.8 Å². The van der Waals surface area contributed by atoms with Gasteiger partial charge >= 0.3 is 0 Å². The number of nitrogens with zero attached hydrogens (tertiary/aromatic N) is 3. The van der Waals surface area contributed by atoms with E-state index in [4.69, 9.17) is 9.98 Å². The molecule has 7 heteroatoms. The molecule has 0 unspecified atom stereocenters. The molecule has 1 atom stereocenters. The average molecular weight is 469 g/mol. The number of carbonyl (C=O) groups is 2. The van der Waals surface area contributed by atoms with Gasteiger partial charge in [0.1, 0.15) is 11.9 Å². The Hall–Kier alpha value is -3.71. The lowest BCUT2D eigenvalue weighted by atomic mass is 10.1. The number of rotatable bonds is 5. The third kappa shape index (κ3) is 4.39. The Morgan fingerprint density at radius 1 is 1.00 bits per heavy atom. The van der Waals surface area contributed by atoms with Crippen LogP contribution >= 0.6 is 11.8 Å². The third-order valence-electron chi connectivity index (χ3n) is 5.94. The lowest BCUT2D eigenvalue weighted by Gasteiger charge is -2.25. The second-order valence-electron chi connectivity index (χ2n) is 8.38. The molecule has 0 saturated carbocycles. The molecule has 0 fully saturated rings. The number of anilines is 1. The number of thioether (sulfide) groups is 1. The van der Waals surface area contributed by atoms with E-state index in [-0.39, 0.29) is 17.6 Å². The van der Waals surface area contributed by atoms with Crippen LogP contribution in [0.1, 0.15) is 22.3 Å². The minimum atomic E-state index is -0.515. The largest absolute Gasteiger partial charge is 0.325 e. The van der Waals surface area contributed by atoms with Crippen molar-refractivity contribution in [2.45, 2.75) is 26.3 Å². The third-order valence-corrected chi connectivity index (χ3v) is 6.88. The van der Waals surface area contributed by atoms with Crippen molar-refractivity contribution >= 4 is 46.0 Å². The Labute approximate surface area is 202 Å². The molecule has 0 bridgehead atoms. The number of benzene rings is 3. The van der Waals surface area contributed by atoms with Gasteiger partial charge < -0.3 is 5.32 Å². The zero-order chi connectivity index (χ0) is 23.7. The molecule has 34 heavy (non-hydrogen) atoms. The van der Waals surface area contributed by atoms with Gasteiger partial charge in [0.25, 0.3) is 5.91 Å². The number of amides is 2. The average Bonchev–Trinajstić information content (AvgIpc) is 3.17. The summed E-state index contributed by atoms with van der Waals surface area (Å²) in [4.78, 5) is 37.1.